The molecule has 158 valence electrons. The zero-order valence-electron chi connectivity index (χ0n) is 15.6. The summed E-state index contributed by atoms with van der Waals surface area (Å²) in [5, 5.41) is 3.87. The number of rotatable bonds is 5. The molecule has 0 aliphatic carbocycles. The van der Waals surface area contributed by atoms with Crippen molar-refractivity contribution in [2.24, 2.45) is 5.92 Å². The van der Waals surface area contributed by atoms with E-state index in [9.17, 15) is 22.4 Å². The molecule has 2 heterocycles. The number of hydrogen-bond donors (Lipinski definition) is 1. The van der Waals surface area contributed by atoms with E-state index >= 15 is 0 Å². The quantitative estimate of drug-likeness (QED) is 0.574. The minimum atomic E-state index is -4.87. The van der Waals surface area contributed by atoms with Crippen LogP contribution in [0.15, 0.2) is 42.5 Å². The van der Waals surface area contributed by atoms with Crippen LogP contribution in [0.1, 0.15) is 16.8 Å². The SMILES string of the molecule is O=C(c1ccccc1OC(F)(F)F)N1CC[C@H](CNc2nc3ccc(F)cc3s2)C1. The van der Waals surface area contributed by atoms with Crippen LogP contribution in [0.2, 0.25) is 0 Å². The van der Waals surface area contributed by atoms with Gasteiger partial charge in [0.05, 0.1) is 15.8 Å². The minimum absolute atomic E-state index is 0.114. The fourth-order valence-corrected chi connectivity index (χ4v) is 4.31. The third kappa shape index (κ3) is 4.64. The number of carbonyl (C=O) groups is 1. The summed E-state index contributed by atoms with van der Waals surface area (Å²) in [6.45, 7) is 1.40. The summed E-state index contributed by atoms with van der Waals surface area (Å²) < 4.78 is 55.8. The van der Waals surface area contributed by atoms with Gasteiger partial charge >= 0.3 is 6.36 Å². The van der Waals surface area contributed by atoms with Gasteiger partial charge in [0.2, 0.25) is 0 Å². The molecule has 2 aromatic carbocycles. The Morgan fingerprint density at radius 3 is 2.87 bits per heavy atom. The highest BCUT2D eigenvalue weighted by atomic mass is 32.1. The van der Waals surface area contributed by atoms with Gasteiger partial charge in [-0.25, -0.2) is 9.37 Å². The molecule has 0 bridgehead atoms. The number of carbonyl (C=O) groups excluding carboxylic acids is 1. The highest BCUT2D eigenvalue weighted by molar-refractivity contribution is 7.22. The predicted molar refractivity (Wildman–Crippen MR) is 105 cm³/mol. The molecule has 1 N–H and O–H groups in total. The number of aromatic nitrogens is 1. The fourth-order valence-electron chi connectivity index (χ4n) is 3.42. The second-order valence-corrected chi connectivity index (χ2v) is 7.99. The van der Waals surface area contributed by atoms with E-state index in [2.05, 4.69) is 15.0 Å². The van der Waals surface area contributed by atoms with Gasteiger partial charge in [-0.1, -0.05) is 23.5 Å². The fraction of sp³-hybridized carbons (Fsp3) is 0.300. The Kier molecular flexibility index (Phi) is 5.50. The van der Waals surface area contributed by atoms with E-state index < -0.39 is 18.0 Å². The summed E-state index contributed by atoms with van der Waals surface area (Å²) in [6.07, 6.45) is -4.16. The molecule has 0 spiro atoms. The van der Waals surface area contributed by atoms with E-state index in [1.165, 1.54) is 46.6 Å². The molecule has 0 saturated carbocycles. The summed E-state index contributed by atoms with van der Waals surface area (Å²) >= 11 is 1.34. The maximum absolute atomic E-state index is 13.3. The minimum Gasteiger partial charge on any atom is -0.405 e. The monoisotopic (exact) mass is 439 g/mol. The van der Waals surface area contributed by atoms with Crippen molar-refractivity contribution in [1.29, 1.82) is 0 Å². The largest absolute Gasteiger partial charge is 0.573 e. The average Bonchev–Trinajstić information content (AvgIpc) is 3.31. The van der Waals surface area contributed by atoms with Crippen molar-refractivity contribution in [2.45, 2.75) is 12.8 Å². The van der Waals surface area contributed by atoms with Crippen LogP contribution in [0, 0.1) is 11.7 Å². The molecule has 10 heteroatoms. The Labute approximate surface area is 173 Å². The van der Waals surface area contributed by atoms with Gasteiger partial charge < -0.3 is 15.0 Å². The van der Waals surface area contributed by atoms with E-state index in [4.69, 9.17) is 0 Å². The number of nitrogens with one attached hydrogen (secondary N) is 1. The number of nitrogens with zero attached hydrogens (tertiary/aromatic N) is 2. The van der Waals surface area contributed by atoms with E-state index in [0.717, 1.165) is 10.8 Å². The van der Waals surface area contributed by atoms with Gasteiger partial charge in [0, 0.05) is 19.6 Å². The van der Waals surface area contributed by atoms with Crippen LogP contribution in [-0.2, 0) is 0 Å². The molecule has 5 nitrogen and oxygen atoms in total. The van der Waals surface area contributed by atoms with Crippen LogP contribution in [0.3, 0.4) is 0 Å². The second-order valence-electron chi connectivity index (χ2n) is 6.96. The zero-order valence-corrected chi connectivity index (χ0v) is 16.4. The number of likely N-dealkylation sites (tertiary alicyclic amines) is 1. The Balaban J connectivity index is 1.38. The van der Waals surface area contributed by atoms with Gasteiger partial charge in [-0.2, -0.15) is 0 Å². The van der Waals surface area contributed by atoms with E-state index in [0.29, 0.717) is 36.7 Å². The molecule has 1 aromatic heterocycles. The molecule has 30 heavy (non-hydrogen) atoms. The molecule has 1 fully saturated rings. The van der Waals surface area contributed by atoms with Gasteiger partial charge in [0.1, 0.15) is 11.6 Å². The molecule has 4 rings (SSSR count). The number of anilines is 1. The van der Waals surface area contributed by atoms with Crippen molar-refractivity contribution >= 4 is 32.6 Å². The molecule has 1 atom stereocenters. The van der Waals surface area contributed by atoms with Crippen LogP contribution in [0.5, 0.6) is 5.75 Å². The molecule has 0 unspecified atom stereocenters. The standard InChI is InChI=1S/C20H17F4N3O2S/c21-13-5-6-15-17(9-13)30-19(26-15)25-10-12-7-8-27(11-12)18(28)14-3-1-2-4-16(14)29-20(22,23)24/h1-6,9,12H,7-8,10-11H2,(H,25,26)/t12-/m1/s1. The number of thiazole rings is 1. The Hall–Kier alpha value is -2.88. The Morgan fingerprint density at radius 1 is 1.27 bits per heavy atom. The molecule has 0 radical (unpaired) electrons. The molecule has 1 aliphatic rings. The molecular formula is C20H17F4N3O2S. The zero-order chi connectivity index (χ0) is 21.3. The maximum atomic E-state index is 13.3. The van der Waals surface area contributed by atoms with Gasteiger partial charge in [0.25, 0.3) is 5.91 Å². The van der Waals surface area contributed by atoms with Gasteiger partial charge in [0.15, 0.2) is 5.13 Å². The van der Waals surface area contributed by atoms with Gasteiger partial charge in [-0.15, -0.1) is 13.2 Å². The van der Waals surface area contributed by atoms with Gasteiger partial charge in [-0.3, -0.25) is 4.79 Å². The summed E-state index contributed by atoms with van der Waals surface area (Å²) in [5.74, 6) is -1.20. The third-order valence-corrected chi connectivity index (χ3v) is 5.78. The maximum Gasteiger partial charge on any atom is 0.573 e. The topological polar surface area (TPSA) is 54.5 Å². The van der Waals surface area contributed by atoms with Crippen molar-refractivity contribution in [3.05, 3.63) is 53.8 Å². The first-order chi connectivity index (χ1) is 14.3. The smallest absolute Gasteiger partial charge is 0.405 e. The number of fused-ring (bicyclic) bond motifs is 1. The number of para-hydroxylation sites is 1. The number of benzene rings is 2. The summed E-state index contributed by atoms with van der Waals surface area (Å²) in [5.41, 5.74) is 0.588. The number of alkyl halides is 3. The van der Waals surface area contributed by atoms with Gasteiger partial charge in [-0.05, 0) is 42.7 Å². The highest BCUT2D eigenvalue weighted by Crippen LogP contribution is 2.30. The average molecular weight is 439 g/mol. The lowest BCUT2D eigenvalue weighted by Gasteiger charge is -2.19. The second kappa shape index (κ2) is 8.10. The normalized spacial score (nSPS) is 16.8. The van der Waals surface area contributed by atoms with Crippen molar-refractivity contribution < 1.29 is 27.1 Å². The molecule has 1 aliphatic heterocycles. The Bertz CT molecular complexity index is 1070. The summed E-state index contributed by atoms with van der Waals surface area (Å²) in [7, 11) is 0. The molecule has 3 aromatic rings. The first kappa shape index (κ1) is 20.4. The molecular weight excluding hydrogens is 422 g/mol. The van der Waals surface area contributed by atoms with Crippen LogP contribution in [-0.4, -0.2) is 41.8 Å². The summed E-state index contributed by atoms with van der Waals surface area (Å²) in [4.78, 5) is 18.7. The molecule has 1 amide bonds. The number of hydrogen-bond acceptors (Lipinski definition) is 5. The first-order valence-corrected chi connectivity index (χ1v) is 10.0. The van der Waals surface area contributed by atoms with Crippen molar-refractivity contribution in [2.75, 3.05) is 25.0 Å². The van der Waals surface area contributed by atoms with Crippen LogP contribution in [0.4, 0.5) is 22.7 Å². The summed E-state index contributed by atoms with van der Waals surface area (Å²) in [6, 6.07) is 9.74. The van der Waals surface area contributed by atoms with Crippen molar-refractivity contribution in [1.82, 2.24) is 9.88 Å². The Morgan fingerprint density at radius 2 is 2.07 bits per heavy atom. The van der Waals surface area contributed by atoms with Crippen LogP contribution < -0.4 is 10.1 Å². The molecule has 1 saturated heterocycles. The number of halogens is 4. The van der Waals surface area contributed by atoms with E-state index in [-0.39, 0.29) is 17.3 Å². The van der Waals surface area contributed by atoms with Crippen LogP contribution >= 0.6 is 11.3 Å². The van der Waals surface area contributed by atoms with Crippen molar-refractivity contribution in [3.8, 4) is 5.75 Å². The predicted octanol–water partition coefficient (Wildman–Crippen LogP) is 4.91. The van der Waals surface area contributed by atoms with Crippen LogP contribution in [0.25, 0.3) is 10.2 Å². The third-order valence-electron chi connectivity index (χ3n) is 4.81. The number of amides is 1. The number of ether oxygens (including phenoxy) is 1. The van der Waals surface area contributed by atoms with Crippen molar-refractivity contribution in [3.63, 3.8) is 0 Å². The lowest BCUT2D eigenvalue weighted by Crippen LogP contribution is -2.30. The highest BCUT2D eigenvalue weighted by Gasteiger charge is 2.34. The van der Waals surface area contributed by atoms with E-state index in [1.54, 1.807) is 6.07 Å². The van der Waals surface area contributed by atoms with E-state index in [1.807, 2.05) is 0 Å². The first-order valence-electron chi connectivity index (χ1n) is 9.22. The lowest BCUT2D eigenvalue weighted by molar-refractivity contribution is -0.274. The lowest BCUT2D eigenvalue weighted by atomic mass is 10.1.